The largest absolute Gasteiger partial charge is 0.780 e. The SMILES string of the molecule is COC1C(OP([O-])(=S)OCC2OC(n3cnc4c(=O)[nH]c(N)nc43)C(O)C2O)C(COP(=O)([S-])OP([O-])(=S)OP(=O)([O-])OCC2OC([n+]3cn(C)c4c(=O)[nH]c(N)nc43)C(O)C2O)OC1n1cnc2c(N)ncnc21. The number of H-pyrrole nitrogens is 2. The fraction of sp³-hybridized carbons (Fsp3) is 0.531. The van der Waals surface area contributed by atoms with Gasteiger partial charge in [0.25, 0.3) is 24.9 Å². The first kappa shape index (κ1) is 55.8. The van der Waals surface area contributed by atoms with Crippen LogP contribution in [-0.2, 0) is 97.7 Å². The van der Waals surface area contributed by atoms with E-state index >= 15 is 0 Å². The maximum Gasteiger partial charge on any atom is 0.313 e. The maximum atomic E-state index is 14.0. The Morgan fingerprint density at radius 3 is 2.09 bits per heavy atom. The molecule has 12 N–H and O–H groups in total. The van der Waals surface area contributed by atoms with Crippen molar-refractivity contribution in [1.82, 2.24) is 53.6 Å². The van der Waals surface area contributed by atoms with E-state index in [0.717, 1.165) is 21.8 Å². The van der Waals surface area contributed by atoms with Crippen molar-refractivity contribution < 1.29 is 94.5 Å². The van der Waals surface area contributed by atoms with Gasteiger partial charge in [0.2, 0.25) is 24.5 Å². The molecule has 6 aromatic rings. The zero-order valence-electron chi connectivity index (χ0n) is 37.8. The van der Waals surface area contributed by atoms with Crippen LogP contribution in [0.15, 0.2) is 34.9 Å². The molecule has 3 aliphatic heterocycles. The topological polar surface area (TPSA) is 516 Å². The minimum Gasteiger partial charge on any atom is -0.780 e. The number of nitrogen functional groups attached to an aromatic ring is 3. The zero-order chi connectivity index (χ0) is 54.3. The van der Waals surface area contributed by atoms with E-state index in [2.05, 4.69) is 56.0 Å². The third kappa shape index (κ3) is 11.4. The van der Waals surface area contributed by atoms with E-state index in [1.165, 1.54) is 35.9 Å². The number of imidazole rings is 3. The number of aromatic amines is 2. The van der Waals surface area contributed by atoms with Gasteiger partial charge in [-0.25, -0.2) is 24.5 Å². The van der Waals surface area contributed by atoms with Crippen LogP contribution in [0.5, 0.6) is 0 Å². The Hall–Kier alpha value is -3.92. The van der Waals surface area contributed by atoms with Crippen molar-refractivity contribution in [2.75, 3.05) is 44.1 Å². The number of hydrogen-bond acceptors (Lipinski definition) is 33. The summed E-state index contributed by atoms with van der Waals surface area (Å²) in [6, 6.07) is 0. The quantitative estimate of drug-likeness (QED) is 0.0207. The molecule has 3 fully saturated rings. The average Bonchev–Trinajstić information content (AvgIpc) is 4.17. The number of phosphoric ester groups is 1. The summed E-state index contributed by atoms with van der Waals surface area (Å²) in [5, 5.41) is 43.4. The number of aliphatic hydroxyl groups is 4. The van der Waals surface area contributed by atoms with Gasteiger partial charge >= 0.3 is 5.65 Å². The lowest BCUT2D eigenvalue weighted by Gasteiger charge is -2.38. The number of rotatable bonds is 19. The van der Waals surface area contributed by atoms with Crippen molar-refractivity contribution in [3.63, 3.8) is 0 Å². The average molecular weight is 1190 g/mol. The highest BCUT2D eigenvalue weighted by molar-refractivity contribution is 8.34. The van der Waals surface area contributed by atoms with Crippen LogP contribution >= 0.6 is 28.1 Å². The molecule has 0 bridgehead atoms. The molecule has 0 aromatic carbocycles. The molecule has 410 valence electrons. The molecule has 9 rings (SSSR count). The number of fused-ring (bicyclic) bond motifs is 3. The number of aryl methyl sites for hydroxylation is 1. The van der Waals surface area contributed by atoms with E-state index < -0.39 is 133 Å². The molecular weight excluding hydrogens is 1150 g/mol. The van der Waals surface area contributed by atoms with Gasteiger partial charge in [0.05, 0.1) is 39.5 Å². The third-order valence-electron chi connectivity index (χ3n) is 11.5. The highest BCUT2D eigenvalue weighted by Gasteiger charge is 2.51. The van der Waals surface area contributed by atoms with Gasteiger partial charge in [-0.2, -0.15) is 4.98 Å². The third-order valence-corrected chi connectivity index (χ3v) is 19.3. The van der Waals surface area contributed by atoms with Crippen molar-refractivity contribution in [2.45, 2.75) is 73.6 Å². The summed E-state index contributed by atoms with van der Waals surface area (Å²) in [5.74, 6) is -0.611. The summed E-state index contributed by atoms with van der Waals surface area (Å²) in [4.78, 5) is 93.8. The van der Waals surface area contributed by atoms with Crippen molar-refractivity contribution in [2.24, 2.45) is 7.05 Å². The van der Waals surface area contributed by atoms with Crippen LogP contribution in [-0.4, -0.2) is 156 Å². The number of anilines is 3. The number of phosphoric acid groups is 1. The molecular formula is C32H40N15O21P4S3-3. The van der Waals surface area contributed by atoms with E-state index in [9.17, 15) is 53.8 Å². The van der Waals surface area contributed by atoms with Gasteiger partial charge in [-0.3, -0.25) is 51.0 Å². The van der Waals surface area contributed by atoms with Crippen LogP contribution in [0.25, 0.3) is 33.5 Å². The molecule has 3 saturated heterocycles. The number of hydrogen-bond donors (Lipinski definition) is 9. The lowest BCUT2D eigenvalue weighted by molar-refractivity contribution is -0.745. The first-order chi connectivity index (χ1) is 35.2. The number of ether oxygens (including phenoxy) is 4. The van der Waals surface area contributed by atoms with Gasteiger partial charge < -0.3 is 102 Å². The Labute approximate surface area is 432 Å². The Kier molecular flexibility index (Phi) is 15.7. The summed E-state index contributed by atoms with van der Waals surface area (Å²) in [6.07, 6.45) is -14.3. The number of methoxy groups -OCH3 is 1. The maximum absolute atomic E-state index is 14.0. The Bertz CT molecular complexity index is 3480. The molecule has 16 atom stereocenters. The summed E-state index contributed by atoms with van der Waals surface area (Å²) >= 11 is 14.8. The fourth-order valence-corrected chi connectivity index (χ4v) is 15.9. The molecule has 75 heavy (non-hydrogen) atoms. The predicted molar refractivity (Wildman–Crippen MR) is 251 cm³/mol. The molecule has 0 amide bonds. The second-order valence-corrected chi connectivity index (χ2v) is 26.3. The predicted octanol–water partition coefficient (Wildman–Crippen LogP) is -5.82. The number of aromatic nitrogens is 12. The Balaban J connectivity index is 0.862. The molecule has 0 aliphatic carbocycles. The molecule has 3 aliphatic rings. The zero-order valence-corrected chi connectivity index (χ0v) is 43.8. The molecule has 9 heterocycles. The minimum atomic E-state index is -5.87. The molecule has 0 saturated carbocycles. The van der Waals surface area contributed by atoms with Crippen LogP contribution in [0.2, 0.25) is 0 Å². The van der Waals surface area contributed by atoms with E-state index in [-0.39, 0.29) is 51.2 Å². The van der Waals surface area contributed by atoms with Crippen LogP contribution in [0.3, 0.4) is 0 Å². The van der Waals surface area contributed by atoms with Crippen LogP contribution in [0.1, 0.15) is 18.7 Å². The highest BCUT2D eigenvalue weighted by Crippen LogP contribution is 2.65. The van der Waals surface area contributed by atoms with Gasteiger partial charge in [-0.15, -0.1) is 0 Å². The second-order valence-electron chi connectivity index (χ2n) is 16.4. The molecule has 6 aromatic heterocycles. The van der Waals surface area contributed by atoms with Gasteiger partial charge in [0, 0.05) is 7.11 Å². The fourth-order valence-electron chi connectivity index (χ4n) is 8.26. The van der Waals surface area contributed by atoms with Crippen LogP contribution in [0.4, 0.5) is 17.7 Å². The van der Waals surface area contributed by atoms with Gasteiger partial charge in [-0.05, 0) is 0 Å². The minimum absolute atomic E-state index is 0.000200. The number of aliphatic hydroxyl groups excluding tert-OH is 4. The van der Waals surface area contributed by atoms with Crippen molar-refractivity contribution >= 4 is 115 Å². The van der Waals surface area contributed by atoms with Crippen molar-refractivity contribution in [3.05, 3.63) is 46.0 Å². The number of nitrogens with one attached hydrogen (secondary N) is 2. The summed E-state index contributed by atoms with van der Waals surface area (Å²) in [5.41, 5.74) is 15.8. The summed E-state index contributed by atoms with van der Waals surface area (Å²) in [7, 11) is -3.23. The summed E-state index contributed by atoms with van der Waals surface area (Å²) in [6.45, 7) is -18.5. The van der Waals surface area contributed by atoms with Gasteiger partial charge in [-0.1, -0.05) is 28.6 Å². The van der Waals surface area contributed by atoms with Crippen LogP contribution in [0, 0.1) is 0 Å². The first-order valence-electron chi connectivity index (χ1n) is 21.1. The standard InChI is InChI=1S/C32H43N15O21P4S3/c1-44-9-47(25-15(44)27(53)43-32(35)41-25)29-19(51)16(48)10(64-29)3-60-69(54,55)67-72(58,75)68-71(57,74)62-5-12-20(21(59-2)30(65-12)45-7-38-13-22(33)36-6-37-23(13)45)66-70(56,73)61-4-11-17(49)18(50)28(63-11)46-8-39-14-24(46)40-31(34)42-26(14)52/h6-12,16-21,28-30,48-51H,3-5H2,1-2H3,(H11-,33,34,35,36,37,40,41,42,43,52,53,54,55,56,57,58,73,74,75)/p-3. The monoisotopic (exact) mass is 1190 g/mol. The number of nitrogens with two attached hydrogens (primary N) is 3. The van der Waals surface area contributed by atoms with Crippen molar-refractivity contribution in [1.29, 1.82) is 0 Å². The summed E-state index contributed by atoms with van der Waals surface area (Å²) < 4.78 is 85.0. The Morgan fingerprint density at radius 2 is 1.37 bits per heavy atom. The normalized spacial score (nSPS) is 30.5. The smallest absolute Gasteiger partial charge is 0.313 e. The highest BCUT2D eigenvalue weighted by atomic mass is 32.7. The molecule has 43 heteroatoms. The Morgan fingerprint density at radius 1 is 0.760 bits per heavy atom. The van der Waals surface area contributed by atoms with E-state index in [4.69, 9.17) is 82.6 Å². The lowest BCUT2D eigenvalue weighted by atomic mass is 10.1. The van der Waals surface area contributed by atoms with Crippen LogP contribution < -0.4 is 47.6 Å². The van der Waals surface area contributed by atoms with E-state index in [0.29, 0.717) is 0 Å². The van der Waals surface area contributed by atoms with E-state index in [1.807, 2.05) is 0 Å². The number of nitrogens with zero attached hydrogens (tertiary/aromatic N) is 10. The first-order valence-corrected chi connectivity index (χ1v) is 30.2. The van der Waals surface area contributed by atoms with Gasteiger partial charge in [0.15, 0.2) is 41.4 Å². The van der Waals surface area contributed by atoms with Gasteiger partial charge in [0.1, 0.15) is 80.2 Å². The molecule has 16 unspecified atom stereocenters. The molecule has 0 spiro atoms. The van der Waals surface area contributed by atoms with Crippen molar-refractivity contribution in [3.8, 4) is 0 Å². The van der Waals surface area contributed by atoms with E-state index in [1.54, 1.807) is 0 Å². The molecule has 36 nitrogen and oxygen atoms in total. The lowest BCUT2D eigenvalue weighted by Crippen LogP contribution is -2.46. The second kappa shape index (κ2) is 21.0. The molecule has 0 radical (unpaired) electrons.